The lowest BCUT2D eigenvalue weighted by Crippen LogP contribution is -2.17. The van der Waals surface area contributed by atoms with Gasteiger partial charge >= 0.3 is 0 Å². The smallest absolute Gasteiger partial charge is 0.275 e. The van der Waals surface area contributed by atoms with Gasteiger partial charge in [0.15, 0.2) is 0 Å². The highest BCUT2D eigenvalue weighted by atomic mass is 16.3. The number of aromatic hydroxyl groups is 1. The number of fused-ring (bicyclic) bond motifs is 1. The number of rotatable bonds is 4. The molecule has 3 aromatic carbocycles. The van der Waals surface area contributed by atoms with Crippen LogP contribution in [0.2, 0.25) is 0 Å². The number of amides is 1. The van der Waals surface area contributed by atoms with E-state index in [9.17, 15) is 9.90 Å². The largest absolute Gasteiger partial charge is 0.507 e. The number of hydrogen-bond acceptors (Lipinski definition) is 3. The number of aromatic nitrogens is 1. The molecule has 0 bridgehead atoms. The van der Waals surface area contributed by atoms with Gasteiger partial charge in [0.25, 0.3) is 5.91 Å². The summed E-state index contributed by atoms with van der Waals surface area (Å²) in [5.41, 5.74) is 8.03. The van der Waals surface area contributed by atoms with Gasteiger partial charge in [-0.1, -0.05) is 42.0 Å². The molecule has 0 radical (unpaired) electrons. The summed E-state index contributed by atoms with van der Waals surface area (Å²) in [6.07, 6.45) is 1.63. The summed E-state index contributed by atoms with van der Waals surface area (Å²) >= 11 is 0. The van der Waals surface area contributed by atoms with E-state index in [-0.39, 0.29) is 11.3 Å². The lowest BCUT2D eigenvalue weighted by molar-refractivity contribution is 0.0952. The molecule has 0 atom stereocenters. The van der Waals surface area contributed by atoms with Gasteiger partial charge in [-0.2, -0.15) is 5.10 Å². The number of carbonyl (C=O) groups excluding carboxylic acids is 1. The Morgan fingerprint density at radius 1 is 0.967 bits per heavy atom. The van der Waals surface area contributed by atoms with Crippen molar-refractivity contribution in [3.05, 3.63) is 94.8 Å². The molecule has 0 aliphatic carbocycles. The molecule has 0 saturated carbocycles. The molecular formula is C25H23N3O2. The van der Waals surface area contributed by atoms with Crippen molar-refractivity contribution in [3.8, 4) is 11.4 Å². The monoisotopic (exact) mass is 397 g/mol. The molecule has 4 rings (SSSR count). The summed E-state index contributed by atoms with van der Waals surface area (Å²) in [6, 6.07) is 21.2. The van der Waals surface area contributed by atoms with Crippen LogP contribution < -0.4 is 5.43 Å². The van der Waals surface area contributed by atoms with Crippen molar-refractivity contribution in [2.45, 2.75) is 20.8 Å². The van der Waals surface area contributed by atoms with Crippen molar-refractivity contribution in [1.29, 1.82) is 0 Å². The third kappa shape index (κ3) is 3.70. The molecule has 30 heavy (non-hydrogen) atoms. The fourth-order valence-corrected chi connectivity index (χ4v) is 3.64. The molecule has 0 unspecified atom stereocenters. The standard InChI is InChI=1S/C25H23N3O2/c1-16-8-10-22(11-9-16)28-17(2)12-21(18(28)3)15-26-27-25(30)23-13-19-6-4-5-7-20(19)14-24(23)29/h4-15,29H,1-3H3,(H,27,30)/b26-15-. The molecule has 0 saturated heterocycles. The molecule has 5 heteroatoms. The number of benzene rings is 3. The van der Waals surface area contributed by atoms with Crippen molar-refractivity contribution >= 4 is 22.9 Å². The van der Waals surface area contributed by atoms with Crippen molar-refractivity contribution in [3.63, 3.8) is 0 Å². The summed E-state index contributed by atoms with van der Waals surface area (Å²) < 4.78 is 2.15. The summed E-state index contributed by atoms with van der Waals surface area (Å²) in [5, 5.41) is 16.1. The van der Waals surface area contributed by atoms with Gasteiger partial charge in [0, 0.05) is 22.6 Å². The molecule has 0 spiro atoms. The van der Waals surface area contributed by atoms with Crippen molar-refractivity contribution in [2.24, 2.45) is 5.10 Å². The highest BCUT2D eigenvalue weighted by Gasteiger charge is 2.13. The molecule has 0 aliphatic heterocycles. The van der Waals surface area contributed by atoms with E-state index in [2.05, 4.69) is 46.3 Å². The van der Waals surface area contributed by atoms with Gasteiger partial charge in [-0.15, -0.1) is 0 Å². The summed E-state index contributed by atoms with van der Waals surface area (Å²) in [7, 11) is 0. The number of hydrazone groups is 1. The minimum absolute atomic E-state index is 0.0704. The normalized spacial score (nSPS) is 11.3. The van der Waals surface area contributed by atoms with Crippen molar-refractivity contribution in [1.82, 2.24) is 9.99 Å². The van der Waals surface area contributed by atoms with Gasteiger partial charge < -0.3 is 9.67 Å². The second-order valence-electron chi connectivity index (χ2n) is 7.41. The maximum atomic E-state index is 12.5. The van der Waals surface area contributed by atoms with Crippen molar-refractivity contribution < 1.29 is 9.90 Å². The average Bonchev–Trinajstić information content (AvgIpc) is 3.01. The Labute approximate surface area is 175 Å². The molecular weight excluding hydrogens is 374 g/mol. The third-order valence-corrected chi connectivity index (χ3v) is 5.24. The van der Waals surface area contributed by atoms with E-state index in [0.717, 1.165) is 33.4 Å². The zero-order valence-electron chi connectivity index (χ0n) is 17.2. The van der Waals surface area contributed by atoms with E-state index in [0.29, 0.717) is 0 Å². The molecule has 0 aliphatic rings. The van der Waals surface area contributed by atoms with Crippen LogP contribution in [0.5, 0.6) is 5.75 Å². The Hall–Kier alpha value is -3.86. The maximum absolute atomic E-state index is 12.5. The number of phenols is 1. The predicted molar refractivity (Wildman–Crippen MR) is 121 cm³/mol. The van der Waals surface area contributed by atoms with Crippen LogP contribution in [0.1, 0.15) is 32.9 Å². The van der Waals surface area contributed by atoms with E-state index < -0.39 is 5.91 Å². The Morgan fingerprint density at radius 2 is 1.63 bits per heavy atom. The van der Waals surface area contributed by atoms with Gasteiger partial charge in [-0.25, -0.2) is 5.43 Å². The zero-order valence-corrected chi connectivity index (χ0v) is 17.2. The number of hydrogen-bond donors (Lipinski definition) is 2. The molecule has 1 aromatic heterocycles. The molecule has 5 nitrogen and oxygen atoms in total. The Kier molecular flexibility index (Phi) is 5.11. The van der Waals surface area contributed by atoms with Crippen LogP contribution in [0.3, 0.4) is 0 Å². The van der Waals surface area contributed by atoms with E-state index in [4.69, 9.17) is 0 Å². The second-order valence-corrected chi connectivity index (χ2v) is 7.41. The minimum Gasteiger partial charge on any atom is -0.507 e. The molecule has 1 heterocycles. The van der Waals surface area contributed by atoms with Crippen LogP contribution in [0.15, 0.2) is 71.8 Å². The molecule has 1 amide bonds. The average molecular weight is 397 g/mol. The lowest BCUT2D eigenvalue weighted by atomic mass is 10.1. The first-order chi connectivity index (χ1) is 14.4. The van der Waals surface area contributed by atoms with E-state index >= 15 is 0 Å². The Balaban J connectivity index is 1.55. The molecule has 0 fully saturated rings. The lowest BCUT2D eigenvalue weighted by Gasteiger charge is -2.09. The Bertz CT molecular complexity index is 1270. The third-order valence-electron chi connectivity index (χ3n) is 5.24. The maximum Gasteiger partial charge on any atom is 0.275 e. The fraction of sp³-hybridized carbons (Fsp3) is 0.120. The number of carbonyl (C=O) groups is 1. The quantitative estimate of drug-likeness (QED) is 0.375. The highest BCUT2D eigenvalue weighted by Crippen LogP contribution is 2.25. The van der Waals surface area contributed by atoms with Crippen LogP contribution in [0.4, 0.5) is 0 Å². The molecule has 150 valence electrons. The van der Waals surface area contributed by atoms with Gasteiger partial charge in [-0.05, 0) is 61.9 Å². The summed E-state index contributed by atoms with van der Waals surface area (Å²) in [5.74, 6) is -0.527. The van der Waals surface area contributed by atoms with E-state index in [1.54, 1.807) is 18.3 Å². The van der Waals surface area contributed by atoms with Crippen LogP contribution in [-0.2, 0) is 0 Å². The summed E-state index contributed by atoms with van der Waals surface area (Å²) in [4.78, 5) is 12.5. The SMILES string of the molecule is Cc1ccc(-n2c(C)cc(/C=N\NC(=O)c3cc4ccccc4cc3O)c2C)cc1. The fourth-order valence-electron chi connectivity index (χ4n) is 3.64. The molecule has 4 aromatic rings. The summed E-state index contributed by atoms with van der Waals surface area (Å²) in [6.45, 7) is 6.12. The minimum atomic E-state index is -0.457. The van der Waals surface area contributed by atoms with Crippen molar-refractivity contribution in [2.75, 3.05) is 0 Å². The zero-order chi connectivity index (χ0) is 21.3. The highest BCUT2D eigenvalue weighted by molar-refractivity contribution is 6.01. The van der Waals surface area contributed by atoms with Crippen LogP contribution >= 0.6 is 0 Å². The number of nitrogens with zero attached hydrogens (tertiary/aromatic N) is 2. The van der Waals surface area contributed by atoms with Crippen LogP contribution in [-0.4, -0.2) is 21.8 Å². The predicted octanol–water partition coefficient (Wildman–Crippen LogP) is 5.03. The number of nitrogens with one attached hydrogen (secondary N) is 1. The van der Waals surface area contributed by atoms with Gasteiger partial charge in [0.1, 0.15) is 5.75 Å². The number of phenolic OH excluding ortho intramolecular Hbond substituents is 1. The molecule has 2 N–H and O–H groups in total. The van der Waals surface area contributed by atoms with Crippen LogP contribution in [0, 0.1) is 20.8 Å². The first-order valence-electron chi connectivity index (χ1n) is 9.75. The van der Waals surface area contributed by atoms with Crippen LogP contribution in [0.25, 0.3) is 16.5 Å². The number of aryl methyl sites for hydroxylation is 2. The van der Waals surface area contributed by atoms with Gasteiger partial charge in [-0.3, -0.25) is 4.79 Å². The van der Waals surface area contributed by atoms with E-state index in [1.807, 2.05) is 44.2 Å². The first-order valence-corrected chi connectivity index (χ1v) is 9.75. The topological polar surface area (TPSA) is 66.6 Å². The van der Waals surface area contributed by atoms with Gasteiger partial charge in [0.2, 0.25) is 0 Å². The second kappa shape index (κ2) is 7.87. The Morgan fingerprint density at radius 3 is 2.33 bits per heavy atom. The van der Waals surface area contributed by atoms with Gasteiger partial charge in [0.05, 0.1) is 11.8 Å². The van der Waals surface area contributed by atoms with E-state index in [1.165, 1.54) is 5.56 Å². The first kappa shape index (κ1) is 19.5.